The Morgan fingerprint density at radius 1 is 1.16 bits per heavy atom. The van der Waals surface area contributed by atoms with Crippen LogP contribution < -0.4 is 5.32 Å². The van der Waals surface area contributed by atoms with E-state index in [1.807, 2.05) is 0 Å². The molecule has 0 unspecified atom stereocenters. The number of para-hydroxylation sites is 1. The maximum absolute atomic E-state index is 4.64. The normalized spacial score (nSPS) is 17.1. The van der Waals surface area contributed by atoms with Gasteiger partial charge in [-0.25, -0.2) is 4.98 Å². The van der Waals surface area contributed by atoms with E-state index in [1.165, 1.54) is 48.6 Å². The van der Waals surface area contributed by atoms with Crippen molar-refractivity contribution in [3.8, 4) is 0 Å². The molecule has 1 aromatic carbocycles. The fourth-order valence-corrected chi connectivity index (χ4v) is 3.55. The van der Waals surface area contributed by atoms with E-state index in [1.54, 1.807) is 11.3 Å². The van der Waals surface area contributed by atoms with Gasteiger partial charge in [-0.3, -0.25) is 0 Å². The van der Waals surface area contributed by atoms with Crippen molar-refractivity contribution in [2.75, 3.05) is 26.2 Å². The van der Waals surface area contributed by atoms with Gasteiger partial charge in [-0.05, 0) is 38.1 Å². The lowest BCUT2D eigenvalue weighted by Crippen LogP contribution is -2.35. The first kappa shape index (κ1) is 13.0. The zero-order chi connectivity index (χ0) is 12.9. The van der Waals surface area contributed by atoms with Crippen molar-refractivity contribution in [2.24, 2.45) is 0 Å². The summed E-state index contributed by atoms with van der Waals surface area (Å²) in [5, 5.41) is 4.71. The van der Waals surface area contributed by atoms with Crippen LogP contribution in [-0.4, -0.2) is 36.1 Å². The molecule has 2 aromatic rings. The smallest absolute Gasteiger partial charge is 0.108 e. The van der Waals surface area contributed by atoms with Crippen LogP contribution in [0.15, 0.2) is 24.3 Å². The van der Waals surface area contributed by atoms with Gasteiger partial charge in [0.25, 0.3) is 0 Å². The fourth-order valence-electron chi connectivity index (χ4n) is 2.61. The highest BCUT2D eigenvalue weighted by atomic mass is 32.1. The molecule has 1 aromatic heterocycles. The average molecular weight is 275 g/mol. The first-order valence-corrected chi connectivity index (χ1v) is 8.01. The van der Waals surface area contributed by atoms with Gasteiger partial charge in [0.05, 0.1) is 10.2 Å². The number of fused-ring (bicyclic) bond motifs is 1. The molecule has 1 aliphatic rings. The van der Waals surface area contributed by atoms with Crippen LogP contribution in [0.25, 0.3) is 10.2 Å². The van der Waals surface area contributed by atoms with Crippen molar-refractivity contribution >= 4 is 21.6 Å². The first-order valence-electron chi connectivity index (χ1n) is 7.19. The number of hydrogen-bond acceptors (Lipinski definition) is 4. The highest BCUT2D eigenvalue weighted by Crippen LogP contribution is 2.21. The maximum Gasteiger partial charge on any atom is 0.108 e. The number of nitrogens with one attached hydrogen (secondary N) is 1. The maximum atomic E-state index is 4.64. The van der Waals surface area contributed by atoms with Crippen molar-refractivity contribution in [1.29, 1.82) is 0 Å². The van der Waals surface area contributed by atoms with Crippen LogP contribution in [0, 0.1) is 0 Å². The number of benzene rings is 1. The predicted molar refractivity (Wildman–Crippen MR) is 81.6 cm³/mol. The standard InChI is InChI=1S/C15H21N3S/c1-4-9-18(10-5-1)11-8-16-12-15-17-13-6-2-3-7-14(13)19-15/h2-3,6-7,16H,1,4-5,8-12H2. The van der Waals surface area contributed by atoms with Gasteiger partial charge < -0.3 is 10.2 Å². The summed E-state index contributed by atoms with van der Waals surface area (Å²) < 4.78 is 1.29. The summed E-state index contributed by atoms with van der Waals surface area (Å²) in [6.07, 6.45) is 4.16. The Kier molecular flexibility index (Phi) is 4.43. The quantitative estimate of drug-likeness (QED) is 0.851. The fraction of sp³-hybridized carbons (Fsp3) is 0.533. The van der Waals surface area contributed by atoms with Gasteiger partial charge in [0.1, 0.15) is 5.01 Å². The molecule has 19 heavy (non-hydrogen) atoms. The van der Waals surface area contributed by atoms with Crippen LogP contribution in [-0.2, 0) is 6.54 Å². The summed E-state index contributed by atoms with van der Waals surface area (Å²) >= 11 is 1.80. The zero-order valence-electron chi connectivity index (χ0n) is 11.3. The highest BCUT2D eigenvalue weighted by molar-refractivity contribution is 7.18. The molecule has 3 nitrogen and oxygen atoms in total. The molecule has 0 amide bonds. The van der Waals surface area contributed by atoms with E-state index in [0.717, 1.165) is 18.6 Å². The molecule has 0 radical (unpaired) electrons. The second-order valence-electron chi connectivity index (χ2n) is 5.15. The molecule has 0 saturated carbocycles. The molecule has 4 heteroatoms. The lowest BCUT2D eigenvalue weighted by Gasteiger charge is -2.26. The minimum Gasteiger partial charge on any atom is -0.309 e. The molecule has 1 fully saturated rings. The second kappa shape index (κ2) is 6.46. The highest BCUT2D eigenvalue weighted by Gasteiger charge is 2.09. The molecule has 2 heterocycles. The van der Waals surface area contributed by atoms with E-state index in [9.17, 15) is 0 Å². The van der Waals surface area contributed by atoms with E-state index in [0.29, 0.717) is 0 Å². The van der Waals surface area contributed by atoms with Crippen LogP contribution in [0.1, 0.15) is 24.3 Å². The van der Waals surface area contributed by atoms with Gasteiger partial charge in [-0.1, -0.05) is 18.6 Å². The molecular formula is C15H21N3S. The van der Waals surface area contributed by atoms with Crippen LogP contribution in [0.3, 0.4) is 0 Å². The van der Waals surface area contributed by atoms with Crippen LogP contribution in [0.5, 0.6) is 0 Å². The van der Waals surface area contributed by atoms with Crippen molar-refractivity contribution < 1.29 is 0 Å². The van der Waals surface area contributed by atoms with E-state index in [4.69, 9.17) is 0 Å². The van der Waals surface area contributed by atoms with Crippen molar-refractivity contribution in [2.45, 2.75) is 25.8 Å². The van der Waals surface area contributed by atoms with Crippen LogP contribution >= 0.6 is 11.3 Å². The third kappa shape index (κ3) is 3.53. The first-order chi connectivity index (χ1) is 9.42. The molecule has 0 aliphatic carbocycles. The zero-order valence-corrected chi connectivity index (χ0v) is 12.1. The molecule has 3 rings (SSSR count). The van der Waals surface area contributed by atoms with Gasteiger partial charge in [0, 0.05) is 19.6 Å². The number of hydrogen-bond donors (Lipinski definition) is 1. The van der Waals surface area contributed by atoms with Crippen molar-refractivity contribution in [3.63, 3.8) is 0 Å². The number of thiazole rings is 1. The second-order valence-corrected chi connectivity index (χ2v) is 6.27. The summed E-state index contributed by atoms with van der Waals surface area (Å²) in [7, 11) is 0. The summed E-state index contributed by atoms with van der Waals surface area (Å²) in [5.41, 5.74) is 1.13. The van der Waals surface area contributed by atoms with Gasteiger partial charge in [-0.15, -0.1) is 11.3 Å². The molecule has 1 aliphatic heterocycles. The van der Waals surface area contributed by atoms with E-state index < -0.39 is 0 Å². The van der Waals surface area contributed by atoms with Crippen LogP contribution in [0.4, 0.5) is 0 Å². The Hall–Kier alpha value is -0.970. The van der Waals surface area contributed by atoms with Gasteiger partial charge >= 0.3 is 0 Å². The Morgan fingerprint density at radius 3 is 2.84 bits per heavy atom. The average Bonchev–Trinajstić information content (AvgIpc) is 2.87. The monoisotopic (exact) mass is 275 g/mol. The molecule has 0 spiro atoms. The lowest BCUT2D eigenvalue weighted by molar-refractivity contribution is 0.229. The number of piperidine rings is 1. The Morgan fingerprint density at radius 2 is 2.00 bits per heavy atom. The topological polar surface area (TPSA) is 28.2 Å². The molecule has 1 saturated heterocycles. The SMILES string of the molecule is c1ccc2sc(CNCCN3CCCCC3)nc2c1. The van der Waals surface area contributed by atoms with E-state index in [-0.39, 0.29) is 0 Å². The summed E-state index contributed by atoms with van der Waals surface area (Å²) in [5.74, 6) is 0. The minimum atomic E-state index is 0.896. The lowest BCUT2D eigenvalue weighted by atomic mass is 10.1. The number of nitrogens with zero attached hydrogens (tertiary/aromatic N) is 2. The number of likely N-dealkylation sites (tertiary alicyclic amines) is 1. The Balaban J connectivity index is 1.44. The van der Waals surface area contributed by atoms with Crippen LogP contribution in [0.2, 0.25) is 0 Å². The van der Waals surface area contributed by atoms with Gasteiger partial charge in [0.2, 0.25) is 0 Å². The predicted octanol–water partition coefficient (Wildman–Crippen LogP) is 2.87. The number of rotatable bonds is 5. The van der Waals surface area contributed by atoms with E-state index in [2.05, 4.69) is 39.5 Å². The number of aromatic nitrogens is 1. The third-order valence-electron chi connectivity index (χ3n) is 3.67. The molecule has 0 atom stereocenters. The minimum absolute atomic E-state index is 0.896. The van der Waals surface area contributed by atoms with Gasteiger partial charge in [0.15, 0.2) is 0 Å². The van der Waals surface area contributed by atoms with Crippen molar-refractivity contribution in [3.05, 3.63) is 29.3 Å². The van der Waals surface area contributed by atoms with E-state index >= 15 is 0 Å². The Bertz CT molecular complexity index is 484. The summed E-state index contributed by atoms with van der Waals surface area (Å²) in [6.45, 7) is 5.69. The molecule has 102 valence electrons. The largest absolute Gasteiger partial charge is 0.309 e. The third-order valence-corrected chi connectivity index (χ3v) is 4.70. The molecular weight excluding hydrogens is 254 g/mol. The summed E-state index contributed by atoms with van der Waals surface area (Å²) in [6, 6.07) is 8.36. The molecule has 1 N–H and O–H groups in total. The Labute approximate surface area is 118 Å². The summed E-state index contributed by atoms with van der Waals surface area (Å²) in [4.78, 5) is 7.20. The molecule has 0 bridgehead atoms. The van der Waals surface area contributed by atoms with Crippen molar-refractivity contribution in [1.82, 2.24) is 15.2 Å². The van der Waals surface area contributed by atoms with Gasteiger partial charge in [-0.2, -0.15) is 0 Å².